The van der Waals surface area contributed by atoms with Crippen LogP contribution in [0.5, 0.6) is 0 Å². The minimum atomic E-state index is 0.300. The Morgan fingerprint density at radius 3 is 3.00 bits per heavy atom. The number of hydrogen-bond acceptors (Lipinski definition) is 3. The second-order valence-corrected chi connectivity index (χ2v) is 4.62. The number of ether oxygens (including phenoxy) is 1. The van der Waals surface area contributed by atoms with E-state index in [1.807, 2.05) is 10.9 Å². The minimum absolute atomic E-state index is 0.300. The van der Waals surface area contributed by atoms with Crippen LogP contribution in [-0.4, -0.2) is 30.0 Å². The Hall–Kier alpha value is -0.390. The summed E-state index contributed by atoms with van der Waals surface area (Å²) in [5.41, 5.74) is 1.19. The highest BCUT2D eigenvalue weighted by Gasteiger charge is 2.14. The van der Waals surface area contributed by atoms with E-state index in [0.717, 1.165) is 24.0 Å². The van der Waals surface area contributed by atoms with Crippen LogP contribution >= 0.6 is 15.9 Å². The molecule has 0 fully saturated rings. The van der Waals surface area contributed by atoms with Crippen molar-refractivity contribution >= 4 is 15.9 Å². The maximum atomic E-state index is 5.07. The largest absolute Gasteiger partial charge is 0.383 e. The molecule has 1 aromatic heterocycles. The van der Waals surface area contributed by atoms with Gasteiger partial charge in [0.1, 0.15) is 0 Å². The van der Waals surface area contributed by atoms with Crippen LogP contribution in [-0.2, 0) is 11.3 Å². The van der Waals surface area contributed by atoms with Gasteiger partial charge in [-0.25, -0.2) is 0 Å². The first kappa shape index (κ1) is 13.7. The Balaban J connectivity index is 2.71. The van der Waals surface area contributed by atoms with Crippen LogP contribution in [0.2, 0.25) is 0 Å². The molecule has 16 heavy (non-hydrogen) atoms. The fourth-order valence-electron chi connectivity index (χ4n) is 1.62. The molecule has 0 saturated heterocycles. The molecule has 0 aliphatic heterocycles. The molecule has 0 aliphatic rings. The first-order chi connectivity index (χ1) is 7.70. The third-order valence-electron chi connectivity index (χ3n) is 2.45. The summed E-state index contributed by atoms with van der Waals surface area (Å²) >= 11 is 3.54. The summed E-state index contributed by atoms with van der Waals surface area (Å²) in [6, 6.07) is 0.300. The first-order valence-corrected chi connectivity index (χ1v) is 6.43. The summed E-state index contributed by atoms with van der Waals surface area (Å²) < 4.78 is 8.12. The standard InChI is InChI=1S/C11H20BrN3O/c1-4-5-13-9(2)11-10(12)8-14-15(11)6-7-16-3/h8-9,13H,4-7H2,1-3H3. The van der Waals surface area contributed by atoms with Gasteiger partial charge in [0.2, 0.25) is 0 Å². The van der Waals surface area contributed by atoms with Crippen molar-refractivity contribution in [2.75, 3.05) is 20.3 Å². The minimum Gasteiger partial charge on any atom is -0.383 e. The second kappa shape index (κ2) is 7.04. The quantitative estimate of drug-likeness (QED) is 0.838. The Labute approximate surface area is 105 Å². The predicted octanol–water partition coefficient (Wildman–Crippen LogP) is 2.35. The summed E-state index contributed by atoms with van der Waals surface area (Å²) in [5, 5.41) is 7.79. The van der Waals surface area contributed by atoms with E-state index in [1.54, 1.807) is 7.11 Å². The van der Waals surface area contributed by atoms with Crippen LogP contribution in [0.25, 0.3) is 0 Å². The van der Waals surface area contributed by atoms with Crippen molar-refractivity contribution in [3.05, 3.63) is 16.4 Å². The summed E-state index contributed by atoms with van der Waals surface area (Å²) in [6.07, 6.45) is 2.98. The zero-order chi connectivity index (χ0) is 12.0. The van der Waals surface area contributed by atoms with Crippen LogP contribution in [0.1, 0.15) is 32.0 Å². The van der Waals surface area contributed by atoms with Crippen molar-refractivity contribution in [3.8, 4) is 0 Å². The molecule has 1 N–H and O–H groups in total. The topological polar surface area (TPSA) is 39.1 Å². The molecule has 0 aromatic carbocycles. The highest BCUT2D eigenvalue weighted by molar-refractivity contribution is 9.10. The lowest BCUT2D eigenvalue weighted by Gasteiger charge is -2.16. The summed E-state index contributed by atoms with van der Waals surface area (Å²) in [4.78, 5) is 0. The van der Waals surface area contributed by atoms with Gasteiger partial charge in [0.05, 0.1) is 29.5 Å². The molecule has 1 atom stereocenters. The van der Waals surface area contributed by atoms with Crippen molar-refractivity contribution in [2.24, 2.45) is 0 Å². The molecule has 5 heteroatoms. The molecule has 92 valence electrons. The SMILES string of the molecule is CCCNC(C)c1c(Br)cnn1CCOC. The molecule has 1 rings (SSSR count). The first-order valence-electron chi connectivity index (χ1n) is 5.64. The number of nitrogens with zero attached hydrogens (tertiary/aromatic N) is 2. The van der Waals surface area contributed by atoms with Crippen molar-refractivity contribution in [3.63, 3.8) is 0 Å². The van der Waals surface area contributed by atoms with Crippen LogP contribution in [0.15, 0.2) is 10.7 Å². The van der Waals surface area contributed by atoms with Gasteiger partial charge in [0.15, 0.2) is 0 Å². The van der Waals surface area contributed by atoms with Crippen LogP contribution in [0.3, 0.4) is 0 Å². The molecule has 0 amide bonds. The maximum absolute atomic E-state index is 5.07. The highest BCUT2D eigenvalue weighted by atomic mass is 79.9. The van der Waals surface area contributed by atoms with Gasteiger partial charge >= 0.3 is 0 Å². The average Bonchev–Trinajstić information content (AvgIpc) is 2.64. The van der Waals surface area contributed by atoms with Gasteiger partial charge in [-0.2, -0.15) is 5.10 Å². The lowest BCUT2D eigenvalue weighted by atomic mass is 10.2. The second-order valence-electron chi connectivity index (χ2n) is 3.77. The molecular weight excluding hydrogens is 270 g/mol. The van der Waals surface area contributed by atoms with Crippen molar-refractivity contribution in [1.29, 1.82) is 0 Å². The lowest BCUT2D eigenvalue weighted by molar-refractivity contribution is 0.181. The van der Waals surface area contributed by atoms with Gasteiger partial charge in [0.25, 0.3) is 0 Å². The summed E-state index contributed by atoms with van der Waals surface area (Å²) in [7, 11) is 1.71. The fraction of sp³-hybridized carbons (Fsp3) is 0.727. The smallest absolute Gasteiger partial charge is 0.0693 e. The van der Waals surface area contributed by atoms with Crippen molar-refractivity contribution < 1.29 is 4.74 Å². The molecule has 1 unspecified atom stereocenters. The molecule has 1 heterocycles. The van der Waals surface area contributed by atoms with Crippen LogP contribution in [0.4, 0.5) is 0 Å². The van der Waals surface area contributed by atoms with Crippen LogP contribution < -0.4 is 5.32 Å². The van der Waals surface area contributed by atoms with Gasteiger partial charge in [-0.15, -0.1) is 0 Å². The Morgan fingerprint density at radius 2 is 2.38 bits per heavy atom. The summed E-state index contributed by atoms with van der Waals surface area (Å²) in [6.45, 7) is 6.80. The highest BCUT2D eigenvalue weighted by Crippen LogP contribution is 2.22. The number of hydrogen-bond donors (Lipinski definition) is 1. The molecule has 0 aliphatic carbocycles. The van der Waals surface area contributed by atoms with E-state index in [4.69, 9.17) is 4.74 Å². The van der Waals surface area contributed by atoms with Gasteiger partial charge in [0, 0.05) is 13.2 Å². The van der Waals surface area contributed by atoms with E-state index in [0.29, 0.717) is 12.6 Å². The molecule has 0 spiro atoms. The van der Waals surface area contributed by atoms with Crippen LogP contribution in [0, 0.1) is 0 Å². The Bertz CT molecular complexity index is 314. The van der Waals surface area contributed by atoms with E-state index < -0.39 is 0 Å². The molecule has 1 aromatic rings. The number of nitrogens with one attached hydrogen (secondary N) is 1. The number of halogens is 1. The molecule has 0 bridgehead atoms. The molecule has 0 radical (unpaired) electrons. The lowest BCUT2D eigenvalue weighted by Crippen LogP contribution is -2.23. The monoisotopic (exact) mass is 289 g/mol. The number of methoxy groups -OCH3 is 1. The zero-order valence-corrected chi connectivity index (χ0v) is 11.7. The number of aromatic nitrogens is 2. The Kier molecular flexibility index (Phi) is 6.01. The Morgan fingerprint density at radius 1 is 1.62 bits per heavy atom. The fourth-order valence-corrected chi connectivity index (χ4v) is 2.26. The third kappa shape index (κ3) is 3.57. The average molecular weight is 290 g/mol. The van der Waals surface area contributed by atoms with Gasteiger partial charge in [-0.3, -0.25) is 4.68 Å². The maximum Gasteiger partial charge on any atom is 0.0693 e. The van der Waals surface area contributed by atoms with E-state index in [2.05, 4.69) is 40.2 Å². The predicted molar refractivity (Wildman–Crippen MR) is 68.5 cm³/mol. The summed E-state index contributed by atoms with van der Waals surface area (Å²) in [5.74, 6) is 0. The molecule has 0 saturated carbocycles. The van der Waals surface area contributed by atoms with Gasteiger partial charge < -0.3 is 10.1 Å². The molecule has 4 nitrogen and oxygen atoms in total. The number of rotatable bonds is 7. The van der Waals surface area contributed by atoms with E-state index in [1.165, 1.54) is 5.69 Å². The van der Waals surface area contributed by atoms with Gasteiger partial charge in [-0.05, 0) is 35.8 Å². The van der Waals surface area contributed by atoms with Crippen molar-refractivity contribution in [1.82, 2.24) is 15.1 Å². The normalized spacial score (nSPS) is 13.0. The van der Waals surface area contributed by atoms with Gasteiger partial charge in [-0.1, -0.05) is 6.92 Å². The van der Waals surface area contributed by atoms with Crippen molar-refractivity contribution in [2.45, 2.75) is 32.9 Å². The van der Waals surface area contributed by atoms with E-state index in [9.17, 15) is 0 Å². The molecular formula is C11H20BrN3O. The third-order valence-corrected chi connectivity index (χ3v) is 3.06. The van der Waals surface area contributed by atoms with E-state index >= 15 is 0 Å². The zero-order valence-electron chi connectivity index (χ0n) is 10.2. The van der Waals surface area contributed by atoms with E-state index in [-0.39, 0.29) is 0 Å².